The van der Waals surface area contributed by atoms with Crippen LogP contribution in [0, 0.1) is 17.1 Å². The van der Waals surface area contributed by atoms with E-state index in [4.69, 9.17) is 16.9 Å². The van der Waals surface area contributed by atoms with Crippen molar-refractivity contribution in [2.45, 2.75) is 0 Å². The molecule has 3 nitrogen and oxygen atoms in total. The van der Waals surface area contributed by atoms with Crippen molar-refractivity contribution >= 4 is 23.1 Å². The number of halogens is 2. The number of nitrogens with zero attached hydrogens (tertiary/aromatic N) is 1. The van der Waals surface area contributed by atoms with Crippen molar-refractivity contribution in [1.82, 2.24) is 0 Å². The predicted molar refractivity (Wildman–Crippen MR) is 46.7 cm³/mol. The van der Waals surface area contributed by atoms with E-state index < -0.39 is 11.1 Å². The molecule has 0 unspecified atom stereocenters. The van der Waals surface area contributed by atoms with Crippen LogP contribution in [0.4, 0.5) is 4.39 Å². The van der Waals surface area contributed by atoms with Gasteiger partial charge >= 0.3 is 0 Å². The van der Waals surface area contributed by atoms with E-state index in [0.717, 1.165) is 12.1 Å². The molecule has 1 aromatic rings. The summed E-state index contributed by atoms with van der Waals surface area (Å²) in [6, 6.07) is 3.29. The zero-order valence-electron chi connectivity index (χ0n) is 6.75. The van der Waals surface area contributed by atoms with Gasteiger partial charge in [0.2, 0.25) is 0 Å². The molecule has 14 heavy (non-hydrogen) atoms. The standard InChI is InChI=1S/C9H3ClFNO2/c10-9(14)7-2-6(11)1-5(3-12)8(7)4-13/h1-2,4H. The molecule has 0 fully saturated rings. The van der Waals surface area contributed by atoms with Gasteiger partial charge in [-0.05, 0) is 23.7 Å². The van der Waals surface area contributed by atoms with Gasteiger partial charge in [0.25, 0.3) is 5.24 Å². The van der Waals surface area contributed by atoms with Gasteiger partial charge in [-0.3, -0.25) is 9.59 Å². The summed E-state index contributed by atoms with van der Waals surface area (Å²) in [6.07, 6.45) is 0.299. The van der Waals surface area contributed by atoms with E-state index in [9.17, 15) is 14.0 Å². The van der Waals surface area contributed by atoms with Crippen molar-refractivity contribution in [2.75, 3.05) is 0 Å². The minimum atomic E-state index is -0.969. The van der Waals surface area contributed by atoms with Crippen LogP contribution < -0.4 is 0 Å². The molecule has 70 valence electrons. The number of carbonyl (C=O) groups excluding carboxylic acids is 2. The van der Waals surface area contributed by atoms with Crippen LogP contribution in [0.1, 0.15) is 26.3 Å². The van der Waals surface area contributed by atoms with E-state index in [0.29, 0.717) is 6.29 Å². The van der Waals surface area contributed by atoms with Gasteiger partial charge in [0.05, 0.1) is 5.56 Å². The molecule has 0 aliphatic carbocycles. The molecule has 0 aromatic heterocycles. The second-order valence-corrected chi connectivity index (χ2v) is 2.76. The second kappa shape index (κ2) is 3.99. The summed E-state index contributed by atoms with van der Waals surface area (Å²) in [5.41, 5.74) is -0.684. The van der Waals surface area contributed by atoms with Crippen LogP contribution in [0.3, 0.4) is 0 Å². The zero-order chi connectivity index (χ0) is 10.7. The van der Waals surface area contributed by atoms with Crippen LogP contribution in [-0.2, 0) is 0 Å². The molecule has 0 aliphatic rings. The van der Waals surface area contributed by atoms with Crippen LogP contribution in [0.25, 0.3) is 0 Å². The monoisotopic (exact) mass is 211 g/mol. The van der Waals surface area contributed by atoms with E-state index in [1.807, 2.05) is 0 Å². The minimum absolute atomic E-state index is 0.186. The highest BCUT2D eigenvalue weighted by molar-refractivity contribution is 6.68. The topological polar surface area (TPSA) is 57.9 Å². The maximum absolute atomic E-state index is 12.8. The van der Waals surface area contributed by atoms with Gasteiger partial charge in [0.15, 0.2) is 6.29 Å². The Balaban J connectivity index is 3.57. The number of hydrogen-bond donors (Lipinski definition) is 0. The molecule has 0 atom stereocenters. The Morgan fingerprint density at radius 2 is 2.21 bits per heavy atom. The van der Waals surface area contributed by atoms with Crippen molar-refractivity contribution in [3.63, 3.8) is 0 Å². The summed E-state index contributed by atoms with van der Waals surface area (Å²) in [7, 11) is 0. The van der Waals surface area contributed by atoms with Crippen LogP contribution in [0.2, 0.25) is 0 Å². The average Bonchev–Trinajstić information content (AvgIpc) is 2.16. The lowest BCUT2D eigenvalue weighted by Crippen LogP contribution is -2.01. The zero-order valence-corrected chi connectivity index (χ0v) is 7.51. The fraction of sp³-hybridized carbons (Fsp3) is 0. The lowest BCUT2D eigenvalue weighted by Gasteiger charge is -2.01. The number of carbonyl (C=O) groups is 2. The van der Waals surface area contributed by atoms with Crippen LogP contribution in [0.15, 0.2) is 12.1 Å². The summed E-state index contributed by atoms with van der Waals surface area (Å²) in [5.74, 6) is -0.781. The fourth-order valence-corrected chi connectivity index (χ4v) is 1.16. The molecule has 0 saturated carbocycles. The minimum Gasteiger partial charge on any atom is -0.298 e. The Morgan fingerprint density at radius 1 is 1.57 bits per heavy atom. The molecule has 0 N–H and O–H groups in total. The molecule has 0 saturated heterocycles. The van der Waals surface area contributed by atoms with Gasteiger partial charge in [-0.1, -0.05) is 0 Å². The van der Waals surface area contributed by atoms with Crippen molar-refractivity contribution in [3.05, 3.63) is 34.6 Å². The van der Waals surface area contributed by atoms with Crippen molar-refractivity contribution in [2.24, 2.45) is 0 Å². The van der Waals surface area contributed by atoms with Gasteiger partial charge in [0.1, 0.15) is 11.9 Å². The number of rotatable bonds is 2. The maximum Gasteiger partial charge on any atom is 0.253 e. The average molecular weight is 212 g/mol. The molecule has 1 aromatic carbocycles. The van der Waals surface area contributed by atoms with E-state index in [1.165, 1.54) is 0 Å². The van der Waals surface area contributed by atoms with Crippen molar-refractivity contribution < 1.29 is 14.0 Å². The number of aldehydes is 1. The van der Waals surface area contributed by atoms with Crippen LogP contribution in [0.5, 0.6) is 0 Å². The smallest absolute Gasteiger partial charge is 0.253 e. The second-order valence-electron chi connectivity index (χ2n) is 2.42. The highest BCUT2D eigenvalue weighted by Crippen LogP contribution is 2.16. The number of hydrogen-bond acceptors (Lipinski definition) is 3. The molecular formula is C9H3ClFNO2. The molecule has 0 heterocycles. The molecule has 0 bridgehead atoms. The first kappa shape index (κ1) is 10.4. The molecule has 0 aliphatic heterocycles. The number of benzene rings is 1. The van der Waals surface area contributed by atoms with E-state index in [-0.39, 0.29) is 16.7 Å². The fourth-order valence-electron chi connectivity index (χ4n) is 1.00. The lowest BCUT2D eigenvalue weighted by atomic mass is 10.0. The first-order valence-electron chi connectivity index (χ1n) is 3.48. The highest BCUT2D eigenvalue weighted by Gasteiger charge is 2.14. The van der Waals surface area contributed by atoms with Gasteiger partial charge in [-0.25, -0.2) is 4.39 Å². The Bertz CT molecular complexity index is 451. The quantitative estimate of drug-likeness (QED) is 0.554. The molecule has 5 heteroatoms. The summed E-state index contributed by atoms with van der Waals surface area (Å²) in [4.78, 5) is 21.3. The molecule has 0 radical (unpaired) electrons. The van der Waals surface area contributed by atoms with Gasteiger partial charge in [-0.2, -0.15) is 5.26 Å². The highest BCUT2D eigenvalue weighted by atomic mass is 35.5. The Labute approximate surface area is 83.7 Å². The SMILES string of the molecule is N#Cc1cc(F)cc(C(=O)Cl)c1C=O. The first-order chi connectivity index (χ1) is 6.60. The largest absolute Gasteiger partial charge is 0.298 e. The first-order valence-corrected chi connectivity index (χ1v) is 3.86. The van der Waals surface area contributed by atoms with Gasteiger partial charge in [-0.15, -0.1) is 0 Å². The lowest BCUT2D eigenvalue weighted by molar-refractivity contribution is 0.106. The van der Waals surface area contributed by atoms with E-state index in [2.05, 4.69) is 0 Å². The molecular weight excluding hydrogens is 209 g/mol. The maximum atomic E-state index is 12.8. The Kier molecular flexibility index (Phi) is 2.95. The Hall–Kier alpha value is -1.73. The summed E-state index contributed by atoms with van der Waals surface area (Å²) in [5, 5.41) is 7.58. The summed E-state index contributed by atoms with van der Waals surface area (Å²) >= 11 is 5.11. The molecule has 0 amide bonds. The third-order valence-electron chi connectivity index (χ3n) is 1.59. The predicted octanol–water partition coefficient (Wildman–Crippen LogP) is 1.89. The van der Waals surface area contributed by atoms with Gasteiger partial charge < -0.3 is 0 Å². The third-order valence-corrected chi connectivity index (χ3v) is 1.80. The van der Waals surface area contributed by atoms with E-state index >= 15 is 0 Å². The van der Waals surface area contributed by atoms with Gasteiger partial charge in [0, 0.05) is 11.1 Å². The molecule has 0 spiro atoms. The number of nitriles is 1. The van der Waals surface area contributed by atoms with Crippen LogP contribution in [-0.4, -0.2) is 11.5 Å². The summed E-state index contributed by atoms with van der Waals surface area (Å²) < 4.78 is 12.8. The normalized spacial score (nSPS) is 9.21. The molecule has 1 rings (SSSR count). The summed E-state index contributed by atoms with van der Waals surface area (Å²) in [6.45, 7) is 0. The third kappa shape index (κ3) is 1.78. The Morgan fingerprint density at radius 3 is 2.64 bits per heavy atom. The van der Waals surface area contributed by atoms with E-state index in [1.54, 1.807) is 6.07 Å². The van der Waals surface area contributed by atoms with Crippen molar-refractivity contribution in [3.8, 4) is 6.07 Å². The van der Waals surface area contributed by atoms with Crippen molar-refractivity contribution in [1.29, 1.82) is 5.26 Å². The van der Waals surface area contributed by atoms with Crippen LogP contribution >= 0.6 is 11.6 Å².